The molecule has 0 aliphatic carbocycles. The van der Waals surface area contributed by atoms with E-state index in [-0.39, 0.29) is 23.3 Å². The van der Waals surface area contributed by atoms with Gasteiger partial charge in [-0.3, -0.25) is 9.59 Å². The van der Waals surface area contributed by atoms with E-state index < -0.39 is 17.8 Å². The normalized spacial score (nSPS) is 15.8. The second-order valence-electron chi connectivity index (χ2n) is 7.60. The molecule has 2 aromatic heterocycles. The molecule has 30 heavy (non-hydrogen) atoms. The maximum Gasteiger partial charge on any atom is 0.291 e. The number of aryl methyl sites for hydroxylation is 2. The fraction of sp³-hybridized carbons (Fsp3) is 0.167. The van der Waals surface area contributed by atoms with Crippen molar-refractivity contribution in [1.29, 1.82) is 0 Å². The van der Waals surface area contributed by atoms with E-state index in [0.29, 0.717) is 22.3 Å². The third-order valence-corrected chi connectivity index (χ3v) is 5.49. The van der Waals surface area contributed by atoms with Gasteiger partial charge in [-0.1, -0.05) is 18.2 Å². The number of carbonyl (C=O) groups is 1. The van der Waals surface area contributed by atoms with Crippen LogP contribution in [0, 0.1) is 19.7 Å². The molecule has 0 saturated heterocycles. The molecule has 1 atom stereocenters. The first-order valence-corrected chi connectivity index (χ1v) is 9.61. The number of amides is 1. The number of hydrogen-bond donors (Lipinski definition) is 0. The Morgan fingerprint density at radius 3 is 2.53 bits per heavy atom. The zero-order valence-electron chi connectivity index (χ0n) is 16.4. The topological polar surface area (TPSA) is 63.7 Å². The summed E-state index contributed by atoms with van der Waals surface area (Å²) in [6.45, 7) is 3.92. The van der Waals surface area contributed by atoms with Crippen molar-refractivity contribution in [2.24, 2.45) is 0 Å². The van der Waals surface area contributed by atoms with Crippen LogP contribution in [0.5, 0.6) is 0 Å². The van der Waals surface area contributed by atoms with E-state index in [2.05, 4.69) is 0 Å². The van der Waals surface area contributed by atoms with Crippen LogP contribution in [-0.4, -0.2) is 10.8 Å². The summed E-state index contributed by atoms with van der Waals surface area (Å²) in [5.74, 6) is -0.181. The summed E-state index contributed by atoms with van der Waals surface area (Å²) in [6, 6.07) is 12.3. The van der Waals surface area contributed by atoms with E-state index >= 15 is 0 Å². The van der Waals surface area contributed by atoms with Crippen LogP contribution in [0.3, 0.4) is 0 Å². The highest BCUT2D eigenvalue weighted by Gasteiger charge is 2.43. The van der Waals surface area contributed by atoms with E-state index in [1.165, 1.54) is 23.3 Å². The SMILES string of the molecule is Cc1cc(C)c2oc3c(c(=O)c2c1)C(c1ccc(F)cc1)N(Cc1ccco1)C3=O. The number of carbonyl (C=O) groups excluding carboxylic acids is 1. The standard InChI is InChI=1S/C24H18FNO4/c1-13-10-14(2)22-18(11-13)21(27)19-20(15-5-7-16(25)8-6-15)26(24(28)23(19)30-22)12-17-4-3-9-29-17/h3-11,20H,12H2,1-2H3. The molecule has 1 aliphatic rings. The quantitative estimate of drug-likeness (QED) is 0.489. The second kappa shape index (κ2) is 6.69. The summed E-state index contributed by atoms with van der Waals surface area (Å²) in [7, 11) is 0. The lowest BCUT2D eigenvalue weighted by atomic mass is 9.97. The Morgan fingerprint density at radius 1 is 1.07 bits per heavy atom. The highest BCUT2D eigenvalue weighted by molar-refractivity contribution is 5.99. The molecule has 0 spiro atoms. The van der Waals surface area contributed by atoms with Crippen LogP contribution < -0.4 is 5.43 Å². The maximum atomic E-state index is 13.5. The van der Waals surface area contributed by atoms with Crippen LogP contribution in [0.2, 0.25) is 0 Å². The highest BCUT2D eigenvalue weighted by Crippen LogP contribution is 2.39. The van der Waals surface area contributed by atoms with Gasteiger partial charge in [0, 0.05) is 0 Å². The fourth-order valence-electron chi connectivity index (χ4n) is 4.20. The summed E-state index contributed by atoms with van der Waals surface area (Å²) >= 11 is 0. The van der Waals surface area contributed by atoms with E-state index in [1.807, 2.05) is 19.9 Å². The second-order valence-corrected chi connectivity index (χ2v) is 7.60. The molecule has 6 heteroatoms. The summed E-state index contributed by atoms with van der Waals surface area (Å²) in [6.07, 6.45) is 1.53. The molecule has 1 amide bonds. The minimum Gasteiger partial charge on any atom is -0.467 e. The van der Waals surface area contributed by atoms with Crippen LogP contribution in [0.4, 0.5) is 4.39 Å². The van der Waals surface area contributed by atoms with Gasteiger partial charge >= 0.3 is 0 Å². The molecule has 4 aromatic rings. The Morgan fingerprint density at radius 2 is 1.83 bits per heavy atom. The molecule has 0 bridgehead atoms. The summed E-state index contributed by atoms with van der Waals surface area (Å²) in [4.78, 5) is 28.4. The zero-order valence-corrected chi connectivity index (χ0v) is 16.4. The van der Waals surface area contributed by atoms with Gasteiger partial charge in [-0.05, 0) is 60.9 Å². The van der Waals surface area contributed by atoms with Crippen molar-refractivity contribution >= 4 is 16.9 Å². The average molecular weight is 403 g/mol. The van der Waals surface area contributed by atoms with Gasteiger partial charge < -0.3 is 13.7 Å². The van der Waals surface area contributed by atoms with Crippen molar-refractivity contribution in [2.75, 3.05) is 0 Å². The van der Waals surface area contributed by atoms with Crippen LogP contribution >= 0.6 is 0 Å². The van der Waals surface area contributed by atoms with Crippen LogP contribution in [0.25, 0.3) is 11.0 Å². The van der Waals surface area contributed by atoms with Crippen LogP contribution in [0.15, 0.2) is 68.4 Å². The van der Waals surface area contributed by atoms with Crippen molar-refractivity contribution in [3.8, 4) is 0 Å². The minimum atomic E-state index is -0.695. The van der Waals surface area contributed by atoms with Gasteiger partial charge in [0.25, 0.3) is 5.91 Å². The van der Waals surface area contributed by atoms with Gasteiger partial charge in [0.05, 0.1) is 29.8 Å². The molecule has 150 valence electrons. The monoisotopic (exact) mass is 403 g/mol. The molecule has 5 rings (SSSR count). The molecule has 3 heterocycles. The first-order valence-electron chi connectivity index (χ1n) is 9.61. The molecule has 1 unspecified atom stereocenters. The summed E-state index contributed by atoms with van der Waals surface area (Å²) < 4.78 is 25.0. The fourth-order valence-corrected chi connectivity index (χ4v) is 4.20. The molecule has 2 aromatic carbocycles. The average Bonchev–Trinajstić information content (AvgIpc) is 3.32. The summed E-state index contributed by atoms with van der Waals surface area (Å²) in [5, 5.41) is 0.436. The molecule has 0 fully saturated rings. The number of fused-ring (bicyclic) bond motifs is 2. The van der Waals surface area contributed by atoms with E-state index in [1.54, 1.807) is 30.3 Å². The number of nitrogens with zero attached hydrogens (tertiary/aromatic N) is 1. The molecule has 0 saturated carbocycles. The number of hydrogen-bond acceptors (Lipinski definition) is 4. The Hall–Kier alpha value is -3.67. The lowest BCUT2D eigenvalue weighted by molar-refractivity contribution is 0.0701. The third kappa shape index (κ3) is 2.76. The Kier molecular flexibility index (Phi) is 4.10. The van der Waals surface area contributed by atoms with Gasteiger partial charge in [-0.25, -0.2) is 4.39 Å². The van der Waals surface area contributed by atoms with Gasteiger partial charge in [-0.2, -0.15) is 0 Å². The van der Waals surface area contributed by atoms with Crippen molar-refractivity contribution in [2.45, 2.75) is 26.4 Å². The molecule has 1 aliphatic heterocycles. The smallest absolute Gasteiger partial charge is 0.291 e. The summed E-state index contributed by atoms with van der Waals surface area (Å²) in [5.41, 5.74) is 2.79. The molecule has 0 N–H and O–H groups in total. The maximum absolute atomic E-state index is 13.5. The number of furan rings is 1. The number of benzene rings is 2. The van der Waals surface area contributed by atoms with Crippen molar-refractivity contribution < 1.29 is 18.0 Å². The van der Waals surface area contributed by atoms with Gasteiger partial charge in [0.1, 0.15) is 17.2 Å². The molecular formula is C24H18FNO4. The first kappa shape index (κ1) is 18.4. The van der Waals surface area contributed by atoms with Crippen LogP contribution in [0.1, 0.15) is 44.6 Å². The van der Waals surface area contributed by atoms with E-state index in [0.717, 1.165) is 11.1 Å². The van der Waals surface area contributed by atoms with Gasteiger partial charge in [0.15, 0.2) is 5.43 Å². The predicted molar refractivity (Wildman–Crippen MR) is 109 cm³/mol. The molecule has 0 radical (unpaired) electrons. The van der Waals surface area contributed by atoms with Crippen LogP contribution in [-0.2, 0) is 6.54 Å². The molecule has 5 nitrogen and oxygen atoms in total. The number of rotatable bonds is 3. The zero-order chi connectivity index (χ0) is 21.0. The number of halogens is 1. The Labute approximate surface area is 171 Å². The Bertz CT molecular complexity index is 1340. The highest BCUT2D eigenvalue weighted by atomic mass is 19.1. The van der Waals surface area contributed by atoms with E-state index in [4.69, 9.17) is 8.83 Å². The van der Waals surface area contributed by atoms with E-state index in [9.17, 15) is 14.0 Å². The lowest BCUT2D eigenvalue weighted by Crippen LogP contribution is -2.29. The third-order valence-electron chi connectivity index (χ3n) is 5.49. The van der Waals surface area contributed by atoms with Gasteiger partial charge in [0.2, 0.25) is 5.76 Å². The minimum absolute atomic E-state index is 0.0281. The van der Waals surface area contributed by atoms with Gasteiger partial charge in [-0.15, -0.1) is 0 Å². The Balaban J connectivity index is 1.77. The van der Waals surface area contributed by atoms with Crippen molar-refractivity contribution in [1.82, 2.24) is 4.90 Å². The van der Waals surface area contributed by atoms with Crippen molar-refractivity contribution in [3.63, 3.8) is 0 Å². The lowest BCUT2D eigenvalue weighted by Gasteiger charge is -2.24. The first-order chi connectivity index (χ1) is 14.4. The van der Waals surface area contributed by atoms with Crippen molar-refractivity contribution in [3.05, 3.63) is 105 Å². The predicted octanol–water partition coefficient (Wildman–Crippen LogP) is 4.89. The molecular weight excluding hydrogens is 385 g/mol. The largest absolute Gasteiger partial charge is 0.467 e.